The zero-order valence-corrected chi connectivity index (χ0v) is 14.2. The molecule has 0 atom stereocenters. The van der Waals surface area contributed by atoms with Crippen molar-refractivity contribution in [3.05, 3.63) is 41.9 Å². The van der Waals surface area contributed by atoms with Crippen LogP contribution in [0.4, 0.5) is 26.3 Å². The molecule has 3 aromatic heterocycles. The lowest BCUT2D eigenvalue weighted by Crippen LogP contribution is -2.06. The van der Waals surface area contributed by atoms with E-state index in [1.54, 1.807) is 0 Å². The molecule has 7 nitrogen and oxygen atoms in total. The second kappa shape index (κ2) is 6.73. The molecule has 3 heterocycles. The molecule has 0 aromatic carbocycles. The number of ether oxygens (including phenoxy) is 2. The lowest BCUT2D eigenvalue weighted by Gasteiger charge is -2.09. The van der Waals surface area contributed by atoms with E-state index in [9.17, 15) is 26.3 Å². The number of aryl methyl sites for hydroxylation is 1. The molecule has 0 saturated heterocycles. The first-order valence-corrected chi connectivity index (χ1v) is 7.45. The van der Waals surface area contributed by atoms with Gasteiger partial charge in [-0.05, 0) is 0 Å². The molecule has 0 bridgehead atoms. The summed E-state index contributed by atoms with van der Waals surface area (Å²) in [4.78, 5) is 3.96. The van der Waals surface area contributed by atoms with E-state index in [0.29, 0.717) is 18.5 Å². The first-order chi connectivity index (χ1) is 13.0. The molecule has 0 radical (unpaired) electrons. The molecule has 0 aliphatic heterocycles. The minimum Gasteiger partial charge on any atom is -0.496 e. The van der Waals surface area contributed by atoms with Crippen molar-refractivity contribution in [2.24, 2.45) is 7.05 Å². The van der Waals surface area contributed by atoms with E-state index in [0.717, 1.165) is 9.36 Å². The third-order valence-corrected chi connectivity index (χ3v) is 3.48. The summed E-state index contributed by atoms with van der Waals surface area (Å²) in [5, 5.41) is 6.88. The quantitative estimate of drug-likeness (QED) is 0.615. The first-order valence-electron chi connectivity index (χ1n) is 7.45. The molecule has 0 fully saturated rings. The first kappa shape index (κ1) is 19.5. The molecule has 0 aliphatic rings. The Morgan fingerprint density at radius 2 is 1.71 bits per heavy atom. The molecule has 3 aromatic rings. The summed E-state index contributed by atoms with van der Waals surface area (Å²) in [5.41, 5.74) is -2.17. The van der Waals surface area contributed by atoms with E-state index in [1.165, 1.54) is 26.3 Å². The van der Waals surface area contributed by atoms with Gasteiger partial charge in [-0.1, -0.05) is 0 Å². The zero-order valence-electron chi connectivity index (χ0n) is 14.2. The number of rotatable bonds is 4. The molecule has 0 aliphatic carbocycles. The van der Waals surface area contributed by atoms with Crippen molar-refractivity contribution in [2.75, 3.05) is 7.11 Å². The molecule has 0 unspecified atom stereocenters. The number of methoxy groups -OCH3 is 1. The fourth-order valence-corrected chi connectivity index (χ4v) is 2.14. The Bertz CT molecular complexity index is 992. The van der Waals surface area contributed by atoms with Crippen LogP contribution in [0.25, 0.3) is 5.82 Å². The molecule has 13 heteroatoms. The van der Waals surface area contributed by atoms with Gasteiger partial charge < -0.3 is 9.47 Å². The number of hydrogen-bond acceptors (Lipinski definition) is 5. The van der Waals surface area contributed by atoms with Crippen LogP contribution in [0.5, 0.6) is 17.5 Å². The van der Waals surface area contributed by atoms with Gasteiger partial charge in [-0.2, -0.15) is 41.5 Å². The van der Waals surface area contributed by atoms with E-state index < -0.39 is 23.6 Å². The molecular weight excluding hydrogens is 396 g/mol. The summed E-state index contributed by atoms with van der Waals surface area (Å²) >= 11 is 0. The number of nitrogens with zero attached hydrogens (tertiary/aromatic N) is 5. The lowest BCUT2D eigenvalue weighted by molar-refractivity contribution is -0.141. The Morgan fingerprint density at radius 1 is 1.00 bits per heavy atom. The highest BCUT2D eigenvalue weighted by atomic mass is 19.4. The maximum Gasteiger partial charge on any atom is 0.435 e. The standard InChI is InChI=1S/C15H11F6N5O2/c1-25-13(5-10(24-25)15(19,20)21)28-12-4-9(27-2)3-11(23-12)26-7-8(6-22-26)14(16,17)18/h3-7H,1-2H3. The number of pyridine rings is 1. The predicted octanol–water partition coefficient (Wildman–Crippen LogP) is 3.84. The van der Waals surface area contributed by atoms with Crippen molar-refractivity contribution in [2.45, 2.75) is 12.4 Å². The molecule has 0 N–H and O–H groups in total. The Labute approximate surface area is 153 Å². The molecule has 28 heavy (non-hydrogen) atoms. The van der Waals surface area contributed by atoms with Crippen LogP contribution >= 0.6 is 0 Å². The van der Waals surface area contributed by atoms with E-state index in [-0.39, 0.29) is 23.3 Å². The van der Waals surface area contributed by atoms with Crippen LogP contribution < -0.4 is 9.47 Å². The average molecular weight is 407 g/mol. The monoisotopic (exact) mass is 407 g/mol. The highest BCUT2D eigenvalue weighted by Gasteiger charge is 2.35. The zero-order chi connectivity index (χ0) is 20.7. The van der Waals surface area contributed by atoms with Gasteiger partial charge in [0.05, 0.1) is 18.9 Å². The summed E-state index contributed by atoms with van der Waals surface area (Å²) in [5.74, 6) is -0.462. The Hall–Kier alpha value is -3.25. The van der Waals surface area contributed by atoms with Gasteiger partial charge in [0.1, 0.15) is 5.75 Å². The van der Waals surface area contributed by atoms with E-state index in [4.69, 9.17) is 9.47 Å². The molecule has 0 amide bonds. The molecule has 0 saturated carbocycles. The Balaban J connectivity index is 1.96. The van der Waals surface area contributed by atoms with Gasteiger partial charge in [0, 0.05) is 31.4 Å². The Kier molecular flexibility index (Phi) is 4.69. The van der Waals surface area contributed by atoms with Gasteiger partial charge in [0.25, 0.3) is 0 Å². The minimum atomic E-state index is -4.67. The SMILES string of the molecule is COc1cc(Oc2cc(C(F)(F)F)nn2C)nc(-n2cc(C(F)(F)F)cn2)c1. The van der Waals surface area contributed by atoms with Crippen molar-refractivity contribution < 1.29 is 35.8 Å². The van der Waals surface area contributed by atoms with Crippen molar-refractivity contribution >= 4 is 0 Å². The summed E-state index contributed by atoms with van der Waals surface area (Å²) in [7, 11) is 2.52. The number of aromatic nitrogens is 5. The smallest absolute Gasteiger partial charge is 0.435 e. The van der Waals surface area contributed by atoms with Crippen LogP contribution in [0.1, 0.15) is 11.3 Å². The van der Waals surface area contributed by atoms with Gasteiger partial charge in [-0.25, -0.2) is 9.36 Å². The van der Waals surface area contributed by atoms with Crippen LogP contribution in [0.15, 0.2) is 30.6 Å². The molecular formula is C15H11F6N5O2. The summed E-state index contributed by atoms with van der Waals surface area (Å²) < 4.78 is 88.5. The van der Waals surface area contributed by atoms with Crippen LogP contribution in [-0.2, 0) is 19.4 Å². The third-order valence-electron chi connectivity index (χ3n) is 3.48. The van der Waals surface area contributed by atoms with Gasteiger partial charge in [0.2, 0.25) is 11.8 Å². The second-order valence-corrected chi connectivity index (χ2v) is 5.47. The van der Waals surface area contributed by atoms with E-state index in [1.807, 2.05) is 0 Å². The van der Waals surface area contributed by atoms with Gasteiger partial charge in [-0.15, -0.1) is 0 Å². The normalized spacial score (nSPS) is 12.3. The van der Waals surface area contributed by atoms with Crippen LogP contribution in [0.2, 0.25) is 0 Å². The number of alkyl halides is 6. The minimum absolute atomic E-state index is 0.0944. The van der Waals surface area contributed by atoms with Crippen molar-refractivity contribution in [3.63, 3.8) is 0 Å². The predicted molar refractivity (Wildman–Crippen MR) is 81.2 cm³/mol. The van der Waals surface area contributed by atoms with Crippen molar-refractivity contribution in [3.8, 4) is 23.3 Å². The Morgan fingerprint density at radius 3 is 2.25 bits per heavy atom. The fraction of sp³-hybridized carbons (Fsp3) is 0.267. The summed E-state index contributed by atoms with van der Waals surface area (Å²) in [6, 6.07) is 3.19. The van der Waals surface area contributed by atoms with Crippen LogP contribution in [-0.4, -0.2) is 31.7 Å². The van der Waals surface area contributed by atoms with E-state index in [2.05, 4.69) is 15.2 Å². The number of hydrogen-bond donors (Lipinski definition) is 0. The van der Waals surface area contributed by atoms with Gasteiger partial charge in [0.15, 0.2) is 11.5 Å². The summed E-state index contributed by atoms with van der Waals surface area (Å²) in [6.07, 6.45) is -7.95. The lowest BCUT2D eigenvalue weighted by atomic mass is 10.3. The van der Waals surface area contributed by atoms with Crippen molar-refractivity contribution in [1.82, 2.24) is 24.5 Å². The van der Waals surface area contributed by atoms with Gasteiger partial charge in [-0.3, -0.25) is 0 Å². The largest absolute Gasteiger partial charge is 0.496 e. The highest BCUT2D eigenvalue weighted by Crippen LogP contribution is 2.33. The third kappa shape index (κ3) is 4.02. The fourth-order valence-electron chi connectivity index (χ4n) is 2.14. The molecule has 0 spiro atoms. The molecule has 150 valence electrons. The van der Waals surface area contributed by atoms with Crippen LogP contribution in [0, 0.1) is 0 Å². The average Bonchev–Trinajstić information content (AvgIpc) is 3.22. The highest BCUT2D eigenvalue weighted by molar-refractivity contribution is 5.39. The maximum absolute atomic E-state index is 12.8. The van der Waals surface area contributed by atoms with Crippen molar-refractivity contribution in [1.29, 1.82) is 0 Å². The van der Waals surface area contributed by atoms with E-state index >= 15 is 0 Å². The topological polar surface area (TPSA) is 67.0 Å². The van der Waals surface area contributed by atoms with Gasteiger partial charge >= 0.3 is 12.4 Å². The summed E-state index contributed by atoms with van der Waals surface area (Å²) in [6.45, 7) is 0. The second-order valence-electron chi connectivity index (χ2n) is 5.47. The van der Waals surface area contributed by atoms with Crippen LogP contribution in [0.3, 0.4) is 0 Å². The molecule has 3 rings (SSSR count). The maximum atomic E-state index is 12.8. The number of halogens is 6.